The summed E-state index contributed by atoms with van der Waals surface area (Å²) in [5, 5.41) is 2.93. The zero-order chi connectivity index (χ0) is 24.4. The number of carbonyl (C=O) groups excluding carboxylic acids is 2. The van der Waals surface area contributed by atoms with Crippen molar-refractivity contribution in [3.8, 4) is 0 Å². The molecule has 2 atom stereocenters. The molecule has 1 fully saturated rings. The zero-order valence-corrected chi connectivity index (χ0v) is 18.8. The minimum absolute atomic E-state index is 0.0330. The van der Waals surface area contributed by atoms with E-state index in [4.69, 9.17) is 21.1 Å². The van der Waals surface area contributed by atoms with Crippen LogP contribution in [0.15, 0.2) is 60.7 Å². The Bertz CT molecular complexity index is 1040. The highest BCUT2D eigenvalue weighted by Gasteiger charge is 2.56. The molecule has 2 aromatic rings. The molecule has 1 N–H and O–H groups in total. The van der Waals surface area contributed by atoms with Gasteiger partial charge in [0.15, 0.2) is 5.41 Å². The summed E-state index contributed by atoms with van der Waals surface area (Å²) in [4.78, 5) is 25.2. The largest absolute Gasteiger partial charge is 0.468 e. The molecule has 0 heterocycles. The maximum absolute atomic E-state index is 13.7. The lowest BCUT2D eigenvalue weighted by atomic mass is 9.82. The van der Waals surface area contributed by atoms with E-state index in [0.717, 1.165) is 6.07 Å². The second kappa shape index (κ2) is 9.47. The van der Waals surface area contributed by atoms with Gasteiger partial charge in [0, 0.05) is 16.6 Å². The summed E-state index contributed by atoms with van der Waals surface area (Å²) in [6.07, 6.45) is -4.72. The Hall–Kier alpha value is -3.00. The van der Waals surface area contributed by atoms with Gasteiger partial charge in [-0.15, -0.1) is 0 Å². The smallest absolute Gasteiger partial charge is 0.418 e. The lowest BCUT2D eigenvalue weighted by molar-refractivity contribution is -0.168. The number of esters is 2. The minimum Gasteiger partial charge on any atom is -0.468 e. The number of halogens is 4. The molecule has 0 aliphatic heterocycles. The number of anilines is 1. The maximum atomic E-state index is 13.7. The Balaban J connectivity index is 2.08. The highest BCUT2D eigenvalue weighted by molar-refractivity contribution is 6.30. The van der Waals surface area contributed by atoms with Crippen molar-refractivity contribution in [2.75, 3.05) is 19.5 Å². The Morgan fingerprint density at radius 3 is 2.27 bits per heavy atom. The predicted octanol–water partition coefficient (Wildman–Crippen LogP) is 5.81. The molecule has 0 amide bonds. The van der Waals surface area contributed by atoms with Crippen molar-refractivity contribution in [1.82, 2.24) is 0 Å². The van der Waals surface area contributed by atoms with E-state index in [1.54, 1.807) is 30.3 Å². The third-order valence-electron chi connectivity index (χ3n) is 5.93. The molecule has 0 spiro atoms. The summed E-state index contributed by atoms with van der Waals surface area (Å²) in [5.41, 5.74) is -1.53. The monoisotopic (exact) mass is 481 g/mol. The van der Waals surface area contributed by atoms with Crippen LogP contribution in [-0.2, 0) is 25.2 Å². The van der Waals surface area contributed by atoms with Gasteiger partial charge < -0.3 is 14.8 Å². The fourth-order valence-electron chi connectivity index (χ4n) is 4.37. The average Bonchev–Trinajstić information content (AvgIpc) is 3.15. The number of rotatable bonds is 6. The van der Waals surface area contributed by atoms with E-state index in [1.807, 2.05) is 0 Å². The summed E-state index contributed by atoms with van der Waals surface area (Å²) < 4.78 is 50.9. The molecule has 5 nitrogen and oxygen atoms in total. The number of methoxy groups -OCH3 is 2. The van der Waals surface area contributed by atoms with Crippen LogP contribution in [0.1, 0.15) is 30.0 Å². The summed E-state index contributed by atoms with van der Waals surface area (Å²) >= 11 is 5.82. The minimum atomic E-state index is -4.65. The van der Waals surface area contributed by atoms with Crippen molar-refractivity contribution in [3.63, 3.8) is 0 Å². The molecule has 0 saturated heterocycles. The third-order valence-corrected chi connectivity index (χ3v) is 6.17. The van der Waals surface area contributed by atoms with Crippen LogP contribution in [0.4, 0.5) is 18.9 Å². The van der Waals surface area contributed by atoms with Gasteiger partial charge in [0.25, 0.3) is 0 Å². The van der Waals surface area contributed by atoms with Gasteiger partial charge in [0.1, 0.15) is 0 Å². The first-order valence-electron chi connectivity index (χ1n) is 10.1. The third kappa shape index (κ3) is 4.85. The van der Waals surface area contributed by atoms with E-state index in [-0.39, 0.29) is 23.6 Å². The zero-order valence-electron chi connectivity index (χ0n) is 18.0. The Kier molecular flexibility index (Phi) is 7.07. The standard InChI is InChI=1S/C24H23ClF3NO4/c1-14-12-23(21(30)32-2,22(31)33-3)13-17(14)20(15-7-5-4-6-8-15)29-19-10-9-16(25)11-18(19)24(26,27)28/h4-11,17,20,29H,1,12-13H2,2-3H3/t17-,20-/m0/s1. The van der Waals surface area contributed by atoms with Gasteiger partial charge in [-0.25, -0.2) is 0 Å². The molecular weight excluding hydrogens is 459 g/mol. The summed E-state index contributed by atoms with van der Waals surface area (Å²) in [7, 11) is 2.33. The van der Waals surface area contributed by atoms with Gasteiger partial charge in [-0.05, 0) is 36.6 Å². The molecule has 0 bridgehead atoms. The van der Waals surface area contributed by atoms with Crippen molar-refractivity contribution in [2.45, 2.75) is 25.1 Å². The van der Waals surface area contributed by atoms with E-state index in [9.17, 15) is 22.8 Å². The molecular formula is C24H23ClF3NO4. The number of alkyl halides is 3. The van der Waals surface area contributed by atoms with Crippen molar-refractivity contribution in [2.24, 2.45) is 11.3 Å². The summed E-state index contributed by atoms with van der Waals surface area (Å²) in [6.45, 7) is 4.04. The molecule has 0 radical (unpaired) electrons. The Labute approximate surface area is 194 Å². The lowest BCUT2D eigenvalue weighted by Gasteiger charge is -2.30. The highest BCUT2D eigenvalue weighted by atomic mass is 35.5. The van der Waals surface area contributed by atoms with Crippen LogP contribution >= 0.6 is 11.6 Å². The normalized spacial score (nSPS) is 18.5. The van der Waals surface area contributed by atoms with Crippen LogP contribution in [0.3, 0.4) is 0 Å². The average molecular weight is 482 g/mol. The first kappa shape index (κ1) is 24.6. The molecule has 1 aliphatic rings. The second-order valence-corrected chi connectivity index (χ2v) is 8.37. The lowest BCUT2D eigenvalue weighted by Crippen LogP contribution is -2.39. The van der Waals surface area contributed by atoms with Gasteiger partial charge >= 0.3 is 18.1 Å². The highest BCUT2D eigenvalue weighted by Crippen LogP contribution is 2.52. The molecule has 3 rings (SSSR count). The van der Waals surface area contributed by atoms with Crippen molar-refractivity contribution in [1.29, 1.82) is 0 Å². The Morgan fingerprint density at radius 2 is 1.73 bits per heavy atom. The number of nitrogens with one attached hydrogen (secondary N) is 1. The van der Waals surface area contributed by atoms with E-state index >= 15 is 0 Å². The van der Waals surface area contributed by atoms with E-state index in [0.29, 0.717) is 11.1 Å². The molecule has 9 heteroatoms. The van der Waals surface area contributed by atoms with Gasteiger partial charge in [0.2, 0.25) is 0 Å². The van der Waals surface area contributed by atoms with Gasteiger partial charge in [-0.1, -0.05) is 54.1 Å². The first-order valence-corrected chi connectivity index (χ1v) is 10.4. The van der Waals surface area contributed by atoms with Crippen LogP contribution in [0.25, 0.3) is 0 Å². The number of carbonyl (C=O) groups is 2. The molecule has 33 heavy (non-hydrogen) atoms. The number of hydrogen-bond donors (Lipinski definition) is 1. The van der Waals surface area contributed by atoms with Crippen LogP contribution in [0.2, 0.25) is 5.02 Å². The Morgan fingerprint density at radius 1 is 1.12 bits per heavy atom. The molecule has 1 aliphatic carbocycles. The SMILES string of the molecule is C=C1CC(C(=O)OC)(C(=O)OC)C[C@@H]1[C@@H](Nc1ccc(Cl)cc1C(F)(F)F)c1ccccc1. The van der Waals surface area contributed by atoms with Gasteiger partial charge in [-0.2, -0.15) is 13.2 Å². The maximum Gasteiger partial charge on any atom is 0.418 e. The van der Waals surface area contributed by atoms with Crippen LogP contribution in [0, 0.1) is 11.3 Å². The molecule has 0 unspecified atom stereocenters. The topological polar surface area (TPSA) is 64.6 Å². The predicted molar refractivity (Wildman–Crippen MR) is 118 cm³/mol. The fourth-order valence-corrected chi connectivity index (χ4v) is 4.54. The summed E-state index contributed by atoms with van der Waals surface area (Å²) in [6, 6.07) is 11.5. The molecule has 0 aromatic heterocycles. The van der Waals surface area contributed by atoms with Crippen molar-refractivity contribution < 1.29 is 32.2 Å². The van der Waals surface area contributed by atoms with Crippen LogP contribution in [0.5, 0.6) is 0 Å². The van der Waals surface area contributed by atoms with Crippen LogP contribution < -0.4 is 5.32 Å². The number of hydrogen-bond acceptors (Lipinski definition) is 5. The number of ether oxygens (including phenoxy) is 2. The molecule has 2 aromatic carbocycles. The van der Waals surface area contributed by atoms with E-state index in [1.165, 1.54) is 26.4 Å². The van der Waals surface area contributed by atoms with Crippen molar-refractivity contribution >= 4 is 29.2 Å². The van der Waals surface area contributed by atoms with Crippen LogP contribution in [-0.4, -0.2) is 26.2 Å². The first-order chi connectivity index (χ1) is 15.5. The van der Waals surface area contributed by atoms with E-state index < -0.39 is 41.1 Å². The fraction of sp³-hybridized carbons (Fsp3) is 0.333. The van der Waals surface area contributed by atoms with Gasteiger partial charge in [-0.3, -0.25) is 9.59 Å². The van der Waals surface area contributed by atoms with Crippen molar-refractivity contribution in [3.05, 3.63) is 76.8 Å². The second-order valence-electron chi connectivity index (χ2n) is 7.93. The summed E-state index contributed by atoms with van der Waals surface area (Å²) in [5.74, 6) is -2.11. The van der Waals surface area contributed by atoms with Gasteiger partial charge in [0.05, 0.1) is 25.8 Å². The quantitative estimate of drug-likeness (QED) is 0.320. The number of benzene rings is 2. The molecule has 176 valence electrons. The molecule has 1 saturated carbocycles. The van der Waals surface area contributed by atoms with E-state index in [2.05, 4.69) is 11.9 Å².